The van der Waals surface area contributed by atoms with Crippen LogP contribution in [0, 0.1) is 5.92 Å². The van der Waals surface area contributed by atoms with Gasteiger partial charge in [-0.3, -0.25) is 9.59 Å². The summed E-state index contributed by atoms with van der Waals surface area (Å²) in [7, 11) is 0. The second-order valence-corrected chi connectivity index (χ2v) is 7.39. The van der Waals surface area contributed by atoms with Crippen molar-refractivity contribution in [3.63, 3.8) is 0 Å². The Morgan fingerprint density at radius 3 is 2.54 bits per heavy atom. The lowest BCUT2D eigenvalue weighted by molar-refractivity contribution is -0.138. The van der Waals surface area contributed by atoms with Crippen molar-refractivity contribution in [2.45, 2.75) is 38.1 Å². The van der Waals surface area contributed by atoms with Gasteiger partial charge in [0.25, 0.3) is 0 Å². The molecule has 7 heteroatoms. The number of carbonyl (C=O) groups is 2. The van der Waals surface area contributed by atoms with Gasteiger partial charge in [-0.05, 0) is 49.8 Å². The van der Waals surface area contributed by atoms with Crippen molar-refractivity contribution in [1.82, 2.24) is 4.90 Å². The zero-order chi connectivity index (χ0) is 17.0. The highest BCUT2D eigenvalue weighted by Crippen LogP contribution is 2.27. The number of halogens is 2. The van der Waals surface area contributed by atoms with E-state index in [1.165, 1.54) is 0 Å². The second-order valence-electron chi connectivity index (χ2n) is 6.47. The van der Waals surface area contributed by atoms with Gasteiger partial charge in [0, 0.05) is 24.0 Å². The summed E-state index contributed by atoms with van der Waals surface area (Å²) in [5.41, 5.74) is 11.3. The van der Waals surface area contributed by atoms with Crippen LogP contribution in [-0.4, -0.2) is 29.8 Å². The molecule has 1 heterocycles. The highest BCUT2D eigenvalue weighted by molar-refractivity contribution is 9.10. The van der Waals surface area contributed by atoms with Gasteiger partial charge in [0.15, 0.2) is 0 Å². The molecule has 0 aromatic heterocycles. The minimum absolute atomic E-state index is 0. The average Bonchev–Trinajstić information content (AvgIpc) is 2.53. The molecule has 2 rings (SSSR count). The lowest BCUT2D eigenvalue weighted by Crippen LogP contribution is -2.53. The molecule has 134 valence electrons. The van der Waals surface area contributed by atoms with E-state index >= 15 is 0 Å². The Balaban J connectivity index is 0.00000288. The third-order valence-electron chi connectivity index (χ3n) is 4.49. The van der Waals surface area contributed by atoms with Gasteiger partial charge >= 0.3 is 0 Å². The van der Waals surface area contributed by atoms with Gasteiger partial charge in [-0.1, -0.05) is 28.1 Å². The molecule has 1 fully saturated rings. The van der Waals surface area contributed by atoms with Crippen LogP contribution < -0.4 is 11.5 Å². The Morgan fingerprint density at radius 2 is 1.96 bits per heavy atom. The SMILES string of the molecule is CC(N)(C(=O)N1CCCC(CCC(N)=O)C1)c1ccc(Br)cc1.Cl. The van der Waals surface area contributed by atoms with Crippen molar-refractivity contribution in [2.24, 2.45) is 17.4 Å². The highest BCUT2D eigenvalue weighted by Gasteiger charge is 2.36. The minimum atomic E-state index is -1.05. The van der Waals surface area contributed by atoms with Crippen molar-refractivity contribution in [1.29, 1.82) is 0 Å². The van der Waals surface area contributed by atoms with Gasteiger partial charge in [-0.15, -0.1) is 12.4 Å². The molecule has 1 aliphatic heterocycles. The molecule has 1 aliphatic rings. The molecule has 2 unspecified atom stereocenters. The fourth-order valence-electron chi connectivity index (χ4n) is 3.08. The number of carbonyl (C=O) groups excluding carboxylic acids is 2. The van der Waals surface area contributed by atoms with Crippen molar-refractivity contribution in [2.75, 3.05) is 13.1 Å². The van der Waals surface area contributed by atoms with Crippen LogP contribution in [0.1, 0.15) is 38.2 Å². The summed E-state index contributed by atoms with van der Waals surface area (Å²) in [5, 5.41) is 0. The predicted octanol–water partition coefficient (Wildman–Crippen LogP) is 2.55. The first-order chi connectivity index (χ1) is 10.8. The third kappa shape index (κ3) is 5.19. The Morgan fingerprint density at radius 1 is 1.33 bits per heavy atom. The molecular weight excluding hydrogens is 394 g/mol. The summed E-state index contributed by atoms with van der Waals surface area (Å²) >= 11 is 3.39. The topological polar surface area (TPSA) is 89.4 Å². The van der Waals surface area contributed by atoms with Crippen LogP contribution >= 0.6 is 28.3 Å². The summed E-state index contributed by atoms with van der Waals surface area (Å²) < 4.78 is 0.953. The molecule has 0 radical (unpaired) electrons. The van der Waals surface area contributed by atoms with E-state index in [1.54, 1.807) is 6.92 Å². The summed E-state index contributed by atoms with van der Waals surface area (Å²) in [4.78, 5) is 25.7. The molecule has 4 N–H and O–H groups in total. The third-order valence-corrected chi connectivity index (χ3v) is 5.02. The molecule has 1 aromatic rings. The molecule has 0 spiro atoms. The lowest BCUT2D eigenvalue weighted by Gasteiger charge is -2.37. The molecule has 2 atom stereocenters. The van der Waals surface area contributed by atoms with Crippen molar-refractivity contribution in [3.05, 3.63) is 34.3 Å². The average molecular weight is 419 g/mol. The summed E-state index contributed by atoms with van der Waals surface area (Å²) in [6.45, 7) is 3.12. The number of amides is 2. The maximum atomic E-state index is 12.9. The fourth-order valence-corrected chi connectivity index (χ4v) is 3.34. The van der Waals surface area contributed by atoms with E-state index in [0.29, 0.717) is 18.9 Å². The van der Waals surface area contributed by atoms with Crippen molar-refractivity contribution < 1.29 is 9.59 Å². The van der Waals surface area contributed by atoms with Gasteiger partial charge < -0.3 is 16.4 Å². The standard InChI is InChI=1S/C17H24BrN3O2.ClH/c1-17(20,13-5-7-14(18)8-6-13)16(23)21-10-2-3-12(11-21)4-9-15(19)22;/h5-8,12H,2-4,9-11,20H2,1H3,(H2,19,22);1H. The van der Waals surface area contributed by atoms with Crippen LogP contribution in [0.4, 0.5) is 0 Å². The van der Waals surface area contributed by atoms with Gasteiger partial charge in [-0.2, -0.15) is 0 Å². The van der Waals surface area contributed by atoms with Gasteiger partial charge in [0.2, 0.25) is 11.8 Å². The minimum Gasteiger partial charge on any atom is -0.370 e. The van der Waals surface area contributed by atoms with Crippen LogP contribution in [0.5, 0.6) is 0 Å². The first-order valence-electron chi connectivity index (χ1n) is 7.93. The largest absolute Gasteiger partial charge is 0.370 e. The Bertz CT molecular complexity index is 578. The number of benzene rings is 1. The van der Waals surface area contributed by atoms with Gasteiger partial charge in [0.1, 0.15) is 5.54 Å². The first kappa shape index (κ1) is 20.9. The second kappa shape index (κ2) is 8.83. The quantitative estimate of drug-likeness (QED) is 0.770. The van der Waals surface area contributed by atoms with E-state index in [2.05, 4.69) is 15.9 Å². The summed E-state index contributed by atoms with van der Waals surface area (Å²) in [6, 6.07) is 7.52. The number of likely N-dealkylation sites (tertiary alicyclic amines) is 1. The normalized spacial score (nSPS) is 20.0. The number of hydrogen-bond donors (Lipinski definition) is 2. The Labute approximate surface area is 157 Å². The molecule has 0 saturated carbocycles. The smallest absolute Gasteiger partial charge is 0.246 e. The maximum absolute atomic E-state index is 12.9. The van der Waals surface area contributed by atoms with E-state index in [0.717, 1.165) is 35.8 Å². The number of rotatable bonds is 5. The summed E-state index contributed by atoms with van der Waals surface area (Å²) in [6.07, 6.45) is 3.07. The van der Waals surface area contributed by atoms with E-state index in [-0.39, 0.29) is 24.2 Å². The lowest BCUT2D eigenvalue weighted by atomic mass is 9.88. The molecule has 2 amide bonds. The van der Waals surface area contributed by atoms with Crippen LogP contribution in [0.15, 0.2) is 28.7 Å². The van der Waals surface area contributed by atoms with Crippen molar-refractivity contribution in [3.8, 4) is 0 Å². The molecule has 24 heavy (non-hydrogen) atoms. The molecule has 1 saturated heterocycles. The molecule has 5 nitrogen and oxygen atoms in total. The van der Waals surface area contributed by atoms with Crippen LogP contribution in [0.2, 0.25) is 0 Å². The number of piperidine rings is 1. The number of nitrogens with two attached hydrogens (primary N) is 2. The molecule has 0 aliphatic carbocycles. The van der Waals surface area contributed by atoms with Crippen LogP contribution in [0.3, 0.4) is 0 Å². The van der Waals surface area contributed by atoms with Crippen LogP contribution in [0.25, 0.3) is 0 Å². The maximum Gasteiger partial charge on any atom is 0.246 e. The zero-order valence-corrected chi connectivity index (χ0v) is 16.2. The highest BCUT2D eigenvalue weighted by atomic mass is 79.9. The first-order valence-corrected chi connectivity index (χ1v) is 8.72. The molecule has 0 bridgehead atoms. The number of nitrogens with zero attached hydrogens (tertiary/aromatic N) is 1. The van der Waals surface area contributed by atoms with Gasteiger partial charge in [0.05, 0.1) is 0 Å². The van der Waals surface area contributed by atoms with Crippen LogP contribution in [-0.2, 0) is 15.1 Å². The van der Waals surface area contributed by atoms with E-state index in [4.69, 9.17) is 11.5 Å². The molecule has 1 aromatic carbocycles. The number of primary amides is 1. The Hall–Kier alpha value is -1.11. The predicted molar refractivity (Wildman–Crippen MR) is 101 cm³/mol. The Kier molecular flexibility index (Phi) is 7.70. The zero-order valence-electron chi connectivity index (χ0n) is 13.8. The van der Waals surface area contributed by atoms with Gasteiger partial charge in [-0.25, -0.2) is 0 Å². The monoisotopic (exact) mass is 417 g/mol. The van der Waals surface area contributed by atoms with E-state index in [9.17, 15) is 9.59 Å². The van der Waals surface area contributed by atoms with Crippen molar-refractivity contribution >= 4 is 40.2 Å². The summed E-state index contributed by atoms with van der Waals surface area (Å²) in [5.74, 6) is -0.0310. The number of hydrogen-bond acceptors (Lipinski definition) is 3. The fraction of sp³-hybridized carbons (Fsp3) is 0.529. The van der Waals surface area contributed by atoms with E-state index in [1.807, 2.05) is 29.2 Å². The molecular formula is C17H25BrClN3O2. The van der Waals surface area contributed by atoms with E-state index < -0.39 is 5.54 Å².